The molecule has 0 bridgehead atoms. The molecule has 0 aliphatic carbocycles. The summed E-state index contributed by atoms with van der Waals surface area (Å²) in [7, 11) is 0. The van der Waals surface area contributed by atoms with Gasteiger partial charge in [0.05, 0.1) is 11.4 Å². The highest BCUT2D eigenvalue weighted by molar-refractivity contribution is 14.1. The summed E-state index contributed by atoms with van der Waals surface area (Å²) in [5, 5.41) is 14.7. The van der Waals surface area contributed by atoms with E-state index in [1.54, 1.807) is 31.2 Å². The summed E-state index contributed by atoms with van der Waals surface area (Å²) in [6, 6.07) is 6.06. The molecule has 21 heavy (non-hydrogen) atoms. The van der Waals surface area contributed by atoms with Gasteiger partial charge in [-0.25, -0.2) is 9.59 Å². The minimum absolute atomic E-state index is 0.0616. The van der Waals surface area contributed by atoms with E-state index in [4.69, 9.17) is 16.7 Å². The maximum atomic E-state index is 11.9. The van der Waals surface area contributed by atoms with Crippen molar-refractivity contribution in [3.8, 4) is 0 Å². The van der Waals surface area contributed by atoms with Crippen molar-refractivity contribution >= 4 is 57.6 Å². The second-order valence-corrected chi connectivity index (χ2v) is 5.85. The number of carboxylic acid groups (broad SMARTS) is 1. The van der Waals surface area contributed by atoms with Crippen LogP contribution in [-0.2, 0) is 0 Å². The van der Waals surface area contributed by atoms with Gasteiger partial charge in [-0.05, 0) is 53.8 Å². The minimum atomic E-state index is -1.14. The second kappa shape index (κ2) is 6.35. The summed E-state index contributed by atoms with van der Waals surface area (Å²) < 4.78 is 0.777. The van der Waals surface area contributed by atoms with Crippen LogP contribution in [0.5, 0.6) is 0 Å². The lowest BCUT2D eigenvalue weighted by atomic mass is 10.3. The lowest BCUT2D eigenvalue weighted by Crippen LogP contribution is -2.21. The molecule has 0 aliphatic rings. The number of carbonyl (C=O) groups is 2. The molecule has 0 spiro atoms. The normalized spacial score (nSPS) is 10.2. The fourth-order valence-electron chi connectivity index (χ4n) is 1.72. The van der Waals surface area contributed by atoms with E-state index in [9.17, 15) is 9.59 Å². The number of rotatable bonds is 3. The van der Waals surface area contributed by atoms with Gasteiger partial charge in [0, 0.05) is 14.3 Å². The molecule has 0 radical (unpaired) electrons. The Morgan fingerprint density at radius 1 is 1.24 bits per heavy atom. The fourth-order valence-corrected chi connectivity index (χ4v) is 2.73. The van der Waals surface area contributed by atoms with Gasteiger partial charge in [-0.1, -0.05) is 11.6 Å². The summed E-state index contributed by atoms with van der Waals surface area (Å²) in [5.74, 6) is -1.14. The summed E-state index contributed by atoms with van der Waals surface area (Å²) >= 11 is 7.88. The number of amides is 2. The van der Waals surface area contributed by atoms with E-state index in [-0.39, 0.29) is 11.4 Å². The number of urea groups is 1. The molecule has 2 aromatic rings. The number of H-pyrrole nitrogens is 1. The highest BCUT2D eigenvalue weighted by atomic mass is 127. The van der Waals surface area contributed by atoms with Gasteiger partial charge in [0.1, 0.15) is 5.69 Å². The van der Waals surface area contributed by atoms with Crippen molar-refractivity contribution in [3.63, 3.8) is 0 Å². The van der Waals surface area contributed by atoms with E-state index in [0.717, 1.165) is 3.57 Å². The third kappa shape index (κ3) is 3.88. The van der Waals surface area contributed by atoms with Crippen LogP contribution in [0.3, 0.4) is 0 Å². The molecule has 6 nitrogen and oxygen atoms in total. The number of hydrogen-bond donors (Lipinski definition) is 4. The van der Waals surface area contributed by atoms with Crippen LogP contribution in [0.15, 0.2) is 24.3 Å². The van der Waals surface area contributed by atoms with Crippen molar-refractivity contribution in [3.05, 3.63) is 44.2 Å². The van der Waals surface area contributed by atoms with Crippen molar-refractivity contribution in [1.29, 1.82) is 0 Å². The Bertz CT molecular complexity index is 715. The van der Waals surface area contributed by atoms with Crippen LogP contribution < -0.4 is 10.6 Å². The molecule has 1 aromatic heterocycles. The third-order valence-electron chi connectivity index (χ3n) is 2.59. The van der Waals surface area contributed by atoms with Gasteiger partial charge in [-0.3, -0.25) is 0 Å². The molecule has 110 valence electrons. The Morgan fingerprint density at radius 2 is 1.90 bits per heavy atom. The first-order valence-electron chi connectivity index (χ1n) is 5.83. The van der Waals surface area contributed by atoms with Crippen molar-refractivity contribution in [2.24, 2.45) is 0 Å². The maximum absolute atomic E-state index is 11.9. The molecule has 0 saturated heterocycles. The first-order chi connectivity index (χ1) is 9.86. The quantitative estimate of drug-likeness (QED) is 0.568. The number of aryl methyl sites for hydroxylation is 1. The Labute approximate surface area is 139 Å². The zero-order valence-electron chi connectivity index (χ0n) is 10.8. The third-order valence-corrected chi connectivity index (χ3v) is 3.72. The predicted molar refractivity (Wildman–Crippen MR) is 89.3 cm³/mol. The van der Waals surface area contributed by atoms with Crippen LogP contribution in [0.25, 0.3) is 0 Å². The first-order valence-corrected chi connectivity index (χ1v) is 7.28. The van der Waals surface area contributed by atoms with Gasteiger partial charge in [0.15, 0.2) is 0 Å². The average Bonchev–Trinajstić information content (AvgIpc) is 2.74. The molecule has 8 heteroatoms. The number of carboxylic acids is 1. The topological polar surface area (TPSA) is 94.2 Å². The minimum Gasteiger partial charge on any atom is -0.477 e. The van der Waals surface area contributed by atoms with Crippen LogP contribution in [0.4, 0.5) is 16.2 Å². The number of aromatic carboxylic acids is 1. The monoisotopic (exact) mass is 419 g/mol. The molecule has 0 atom stereocenters. The van der Waals surface area contributed by atoms with E-state index in [1.807, 2.05) is 22.6 Å². The molecule has 1 heterocycles. The number of halogens is 2. The van der Waals surface area contributed by atoms with E-state index in [1.165, 1.54) is 0 Å². The molecule has 0 saturated carbocycles. The smallest absolute Gasteiger partial charge is 0.354 e. The summed E-state index contributed by atoms with van der Waals surface area (Å²) in [5.41, 5.74) is 1.38. The summed E-state index contributed by atoms with van der Waals surface area (Å²) in [6.07, 6.45) is 0. The van der Waals surface area contributed by atoms with E-state index >= 15 is 0 Å². The molecule has 0 unspecified atom stereocenters. The number of nitrogens with one attached hydrogen (secondary N) is 3. The van der Waals surface area contributed by atoms with Gasteiger partial charge in [-0.2, -0.15) is 0 Å². The lowest BCUT2D eigenvalue weighted by molar-refractivity contribution is 0.0692. The maximum Gasteiger partial charge on any atom is 0.354 e. The van der Waals surface area contributed by atoms with Crippen molar-refractivity contribution in [2.75, 3.05) is 10.6 Å². The van der Waals surface area contributed by atoms with Crippen molar-refractivity contribution < 1.29 is 14.7 Å². The Hall–Kier alpha value is -1.74. The van der Waals surface area contributed by atoms with Gasteiger partial charge in [0.2, 0.25) is 0 Å². The van der Waals surface area contributed by atoms with Gasteiger partial charge in [0.25, 0.3) is 0 Å². The van der Waals surface area contributed by atoms with Crippen LogP contribution in [0.2, 0.25) is 5.02 Å². The van der Waals surface area contributed by atoms with Gasteiger partial charge in [-0.15, -0.1) is 0 Å². The number of carbonyl (C=O) groups excluding carboxylic acids is 1. The zero-order valence-corrected chi connectivity index (χ0v) is 13.7. The molecule has 2 rings (SSSR count). The van der Waals surface area contributed by atoms with E-state index < -0.39 is 12.0 Å². The standard InChI is InChI=1S/C13H11ClIN3O3/c1-6-4-10(11(16-6)12(19)20)18-13(21)17-9-3-2-7(14)5-8(9)15/h2-5,16H,1H3,(H,19,20)(H2,17,18,21). The van der Waals surface area contributed by atoms with Crippen LogP contribution >= 0.6 is 34.2 Å². The van der Waals surface area contributed by atoms with Crippen molar-refractivity contribution in [1.82, 2.24) is 4.98 Å². The predicted octanol–water partition coefficient (Wildman–Crippen LogP) is 3.92. The Balaban J connectivity index is 2.13. The molecule has 4 N–H and O–H groups in total. The van der Waals surface area contributed by atoms with Crippen molar-refractivity contribution in [2.45, 2.75) is 6.92 Å². The Kier molecular flexibility index (Phi) is 4.73. The molecule has 0 fully saturated rings. The number of benzene rings is 1. The number of hydrogen-bond acceptors (Lipinski definition) is 2. The van der Waals surface area contributed by atoms with Crippen LogP contribution in [0, 0.1) is 10.5 Å². The van der Waals surface area contributed by atoms with Gasteiger partial charge >= 0.3 is 12.0 Å². The highest BCUT2D eigenvalue weighted by Gasteiger charge is 2.15. The molecule has 2 amide bonds. The fraction of sp³-hybridized carbons (Fsp3) is 0.0769. The van der Waals surface area contributed by atoms with E-state index in [0.29, 0.717) is 16.4 Å². The highest BCUT2D eigenvalue weighted by Crippen LogP contribution is 2.23. The average molecular weight is 420 g/mol. The van der Waals surface area contributed by atoms with Crippen LogP contribution in [0.1, 0.15) is 16.2 Å². The van der Waals surface area contributed by atoms with E-state index in [2.05, 4.69) is 15.6 Å². The summed E-state index contributed by atoms with van der Waals surface area (Å²) in [6.45, 7) is 1.71. The molecule has 1 aromatic carbocycles. The lowest BCUT2D eigenvalue weighted by Gasteiger charge is -2.09. The summed E-state index contributed by atoms with van der Waals surface area (Å²) in [4.78, 5) is 25.7. The molecular formula is C13H11ClIN3O3. The number of anilines is 2. The first kappa shape index (κ1) is 15.6. The molecular weight excluding hydrogens is 409 g/mol. The molecule has 0 aliphatic heterocycles. The van der Waals surface area contributed by atoms with Gasteiger partial charge < -0.3 is 20.7 Å². The number of aromatic amines is 1. The second-order valence-electron chi connectivity index (χ2n) is 4.25. The largest absolute Gasteiger partial charge is 0.477 e. The Morgan fingerprint density at radius 3 is 2.52 bits per heavy atom. The SMILES string of the molecule is Cc1cc(NC(=O)Nc2ccc(Cl)cc2I)c(C(=O)O)[nH]1. The van der Waals surface area contributed by atoms with Crippen LogP contribution in [-0.4, -0.2) is 22.1 Å². The zero-order chi connectivity index (χ0) is 15.6. The number of aromatic nitrogens is 1.